The second kappa shape index (κ2) is 10.9. The normalized spacial score (nSPS) is 11.8. The maximum Gasteiger partial charge on any atom is 0.251 e. The van der Waals surface area contributed by atoms with Crippen molar-refractivity contribution in [2.45, 2.75) is 53.0 Å². The highest BCUT2D eigenvalue weighted by Crippen LogP contribution is 2.18. The van der Waals surface area contributed by atoms with Gasteiger partial charge in [0.1, 0.15) is 0 Å². The molecular weight excluding hydrogens is 394 g/mol. The minimum atomic E-state index is -0.319. The second-order valence-corrected chi connectivity index (χ2v) is 8.62. The molecule has 0 aliphatic heterocycles. The summed E-state index contributed by atoms with van der Waals surface area (Å²) in [6.45, 7) is 10.1. The molecule has 2 rings (SSSR count). The summed E-state index contributed by atoms with van der Waals surface area (Å²) in [6.07, 6.45) is 1.02. The fraction of sp³-hybridized carbons (Fsp3) is 0.375. The van der Waals surface area contributed by atoms with Crippen molar-refractivity contribution in [1.29, 1.82) is 0 Å². The maximum atomic E-state index is 12.6. The van der Waals surface area contributed by atoms with Gasteiger partial charge in [0.05, 0.1) is 5.92 Å². The molecule has 1 unspecified atom stereocenters. The zero-order chi connectivity index (χ0) is 22.3. The summed E-state index contributed by atoms with van der Waals surface area (Å²) < 4.78 is 0. The van der Waals surface area contributed by atoms with Crippen LogP contribution in [-0.4, -0.2) is 23.0 Å². The number of carbonyl (C=O) groups excluding carboxylic acids is 2. The molecule has 3 N–H and O–H groups in total. The van der Waals surface area contributed by atoms with Gasteiger partial charge in [0.25, 0.3) is 5.91 Å². The summed E-state index contributed by atoms with van der Waals surface area (Å²) in [5.74, 6) is -0.0173. The monoisotopic (exact) mass is 425 g/mol. The first kappa shape index (κ1) is 23.5. The van der Waals surface area contributed by atoms with Gasteiger partial charge in [-0.25, -0.2) is 0 Å². The van der Waals surface area contributed by atoms with Gasteiger partial charge >= 0.3 is 0 Å². The van der Waals surface area contributed by atoms with E-state index in [9.17, 15) is 9.59 Å². The molecule has 2 aromatic rings. The van der Waals surface area contributed by atoms with Crippen LogP contribution in [0.5, 0.6) is 0 Å². The number of amides is 2. The lowest BCUT2D eigenvalue weighted by atomic mass is 9.96. The van der Waals surface area contributed by atoms with Crippen molar-refractivity contribution in [3.05, 3.63) is 65.2 Å². The first-order valence-corrected chi connectivity index (χ1v) is 10.7. The van der Waals surface area contributed by atoms with E-state index in [1.807, 2.05) is 32.9 Å². The Morgan fingerprint density at radius 1 is 0.900 bits per heavy atom. The zero-order valence-electron chi connectivity index (χ0n) is 18.3. The predicted octanol–water partition coefficient (Wildman–Crippen LogP) is 4.64. The van der Waals surface area contributed by atoms with Crippen molar-refractivity contribution in [2.75, 3.05) is 5.32 Å². The molecule has 5 nitrogen and oxygen atoms in total. The highest BCUT2D eigenvalue weighted by molar-refractivity contribution is 7.80. The molecule has 0 radical (unpaired) electrons. The molecule has 0 fully saturated rings. The van der Waals surface area contributed by atoms with E-state index < -0.39 is 0 Å². The fourth-order valence-corrected chi connectivity index (χ4v) is 3.22. The predicted molar refractivity (Wildman–Crippen MR) is 127 cm³/mol. The van der Waals surface area contributed by atoms with Crippen LogP contribution < -0.4 is 16.0 Å². The Kier molecular flexibility index (Phi) is 8.54. The average Bonchev–Trinajstić information content (AvgIpc) is 2.67. The number of nitrogens with one attached hydrogen (secondary N) is 3. The molecule has 0 aliphatic carbocycles. The molecular formula is C24H31N3O2S. The van der Waals surface area contributed by atoms with Crippen molar-refractivity contribution in [2.24, 2.45) is 5.92 Å². The third-order valence-corrected chi connectivity index (χ3v) is 4.78. The summed E-state index contributed by atoms with van der Waals surface area (Å²) in [5.41, 5.74) is 3.48. The number of carbonyl (C=O) groups is 2. The highest BCUT2D eigenvalue weighted by Gasteiger charge is 2.16. The summed E-state index contributed by atoms with van der Waals surface area (Å²) in [5, 5.41) is 8.79. The van der Waals surface area contributed by atoms with Crippen LogP contribution in [0.4, 0.5) is 5.69 Å². The van der Waals surface area contributed by atoms with E-state index in [0.29, 0.717) is 17.2 Å². The van der Waals surface area contributed by atoms with Crippen LogP contribution in [0.2, 0.25) is 0 Å². The Hall–Kier alpha value is -2.73. The van der Waals surface area contributed by atoms with E-state index in [1.165, 1.54) is 5.56 Å². The van der Waals surface area contributed by atoms with Crippen molar-refractivity contribution >= 4 is 34.8 Å². The molecule has 0 bridgehead atoms. The summed E-state index contributed by atoms with van der Waals surface area (Å²) in [6, 6.07) is 15.2. The third-order valence-electron chi connectivity index (χ3n) is 4.58. The molecule has 0 saturated carbocycles. The van der Waals surface area contributed by atoms with E-state index in [0.717, 1.165) is 12.0 Å². The smallest absolute Gasteiger partial charge is 0.251 e. The summed E-state index contributed by atoms with van der Waals surface area (Å²) in [4.78, 5) is 24.6. The van der Waals surface area contributed by atoms with Crippen LogP contribution >= 0.6 is 12.2 Å². The number of rotatable bonds is 7. The minimum Gasteiger partial charge on any atom is -0.350 e. The van der Waals surface area contributed by atoms with Crippen LogP contribution in [0.3, 0.4) is 0 Å². The van der Waals surface area contributed by atoms with Crippen molar-refractivity contribution < 1.29 is 9.59 Å². The standard InChI is InChI=1S/C24H31N3O2S/c1-15(2)14-18-6-8-19(9-7-18)17(5)22(28)27-24(30)26-21-12-10-20(11-13-21)23(29)25-16(3)4/h6-13,15-17H,14H2,1-5H3,(H,25,29)(H2,26,27,28,30). The Morgan fingerprint density at radius 3 is 2.03 bits per heavy atom. The SMILES string of the molecule is CC(C)Cc1ccc(C(C)C(=O)NC(=S)Nc2ccc(C(=O)NC(C)C)cc2)cc1. The number of benzene rings is 2. The van der Waals surface area contributed by atoms with E-state index in [4.69, 9.17) is 12.2 Å². The topological polar surface area (TPSA) is 70.2 Å². The highest BCUT2D eigenvalue weighted by atomic mass is 32.1. The molecule has 2 aromatic carbocycles. The number of anilines is 1. The van der Waals surface area contributed by atoms with Gasteiger partial charge in [0.2, 0.25) is 5.91 Å². The molecule has 0 aliphatic rings. The quantitative estimate of drug-likeness (QED) is 0.565. The molecule has 30 heavy (non-hydrogen) atoms. The molecule has 1 atom stereocenters. The molecule has 160 valence electrons. The molecule has 2 amide bonds. The third kappa shape index (κ3) is 7.26. The Morgan fingerprint density at radius 2 is 1.50 bits per heavy atom. The van der Waals surface area contributed by atoms with Gasteiger partial charge in [-0.3, -0.25) is 9.59 Å². The molecule has 0 spiro atoms. The molecule has 6 heteroatoms. The van der Waals surface area contributed by atoms with Gasteiger partial charge in [0, 0.05) is 17.3 Å². The minimum absolute atomic E-state index is 0.0755. The van der Waals surface area contributed by atoms with Crippen LogP contribution in [0.25, 0.3) is 0 Å². The van der Waals surface area contributed by atoms with Crippen LogP contribution in [0.15, 0.2) is 48.5 Å². The first-order valence-electron chi connectivity index (χ1n) is 10.3. The van der Waals surface area contributed by atoms with Gasteiger partial charge in [0.15, 0.2) is 5.11 Å². The van der Waals surface area contributed by atoms with Gasteiger partial charge in [-0.2, -0.15) is 0 Å². The Bertz CT molecular complexity index is 874. The van der Waals surface area contributed by atoms with E-state index in [2.05, 4.69) is 41.9 Å². The van der Waals surface area contributed by atoms with Gasteiger partial charge < -0.3 is 16.0 Å². The van der Waals surface area contributed by atoms with Crippen molar-refractivity contribution in [1.82, 2.24) is 10.6 Å². The molecule has 0 heterocycles. The average molecular weight is 426 g/mol. The van der Waals surface area contributed by atoms with Crippen LogP contribution in [-0.2, 0) is 11.2 Å². The lowest BCUT2D eigenvalue weighted by Crippen LogP contribution is -2.36. The maximum absolute atomic E-state index is 12.6. The molecule has 0 saturated heterocycles. The zero-order valence-corrected chi connectivity index (χ0v) is 19.1. The summed E-state index contributed by atoms with van der Waals surface area (Å²) >= 11 is 5.27. The van der Waals surface area contributed by atoms with Gasteiger partial charge in [-0.05, 0) is 80.7 Å². The van der Waals surface area contributed by atoms with Gasteiger partial charge in [-0.15, -0.1) is 0 Å². The van der Waals surface area contributed by atoms with Crippen LogP contribution in [0, 0.1) is 5.92 Å². The fourth-order valence-electron chi connectivity index (χ4n) is 3.00. The number of hydrogen-bond acceptors (Lipinski definition) is 3. The van der Waals surface area contributed by atoms with E-state index in [1.54, 1.807) is 24.3 Å². The Balaban J connectivity index is 1.90. The van der Waals surface area contributed by atoms with Gasteiger partial charge in [-0.1, -0.05) is 38.1 Å². The van der Waals surface area contributed by atoms with E-state index >= 15 is 0 Å². The second-order valence-electron chi connectivity index (χ2n) is 8.21. The lowest BCUT2D eigenvalue weighted by Gasteiger charge is -2.15. The number of hydrogen-bond donors (Lipinski definition) is 3. The largest absolute Gasteiger partial charge is 0.350 e. The van der Waals surface area contributed by atoms with Crippen molar-refractivity contribution in [3.63, 3.8) is 0 Å². The Labute approximate surface area is 184 Å². The molecule has 0 aromatic heterocycles. The van der Waals surface area contributed by atoms with Crippen LogP contribution in [0.1, 0.15) is 62.0 Å². The lowest BCUT2D eigenvalue weighted by molar-refractivity contribution is -0.120. The first-order chi connectivity index (χ1) is 14.2. The van der Waals surface area contributed by atoms with Crippen molar-refractivity contribution in [3.8, 4) is 0 Å². The number of thiocarbonyl (C=S) groups is 1. The van der Waals surface area contributed by atoms with E-state index in [-0.39, 0.29) is 28.9 Å². The summed E-state index contributed by atoms with van der Waals surface area (Å²) in [7, 11) is 0.